The molecule has 1 heterocycles. The summed E-state index contributed by atoms with van der Waals surface area (Å²) >= 11 is 6.24. The standard InChI is InChI=1S/C15H22ClN3O2/c1-15(2,3)19-14(17)18-9-10-7-11(16)13-12(8-10)20-5-4-6-21-13/h7-8H,4-6,9H2,1-3H3,(H3,17,18,19). The van der Waals surface area contributed by atoms with E-state index < -0.39 is 0 Å². The highest BCUT2D eigenvalue weighted by Crippen LogP contribution is 2.38. The third-order valence-corrected chi connectivity index (χ3v) is 3.08. The lowest BCUT2D eigenvalue weighted by molar-refractivity contribution is 0.297. The van der Waals surface area contributed by atoms with Gasteiger partial charge in [-0.3, -0.25) is 0 Å². The van der Waals surface area contributed by atoms with Crippen LogP contribution in [0.5, 0.6) is 11.5 Å². The molecule has 1 aliphatic rings. The number of hydrogen-bond donors (Lipinski definition) is 2. The highest BCUT2D eigenvalue weighted by atomic mass is 35.5. The van der Waals surface area contributed by atoms with Gasteiger partial charge in [-0.1, -0.05) is 11.6 Å². The van der Waals surface area contributed by atoms with Gasteiger partial charge in [-0.25, -0.2) is 4.99 Å². The molecule has 2 rings (SSSR count). The molecule has 0 radical (unpaired) electrons. The fraction of sp³-hybridized carbons (Fsp3) is 0.533. The van der Waals surface area contributed by atoms with E-state index in [9.17, 15) is 0 Å². The van der Waals surface area contributed by atoms with Crippen LogP contribution < -0.4 is 20.5 Å². The molecular formula is C15H22ClN3O2. The van der Waals surface area contributed by atoms with Crippen molar-refractivity contribution in [1.82, 2.24) is 5.32 Å². The number of benzene rings is 1. The fourth-order valence-corrected chi connectivity index (χ4v) is 2.26. The number of nitrogens with zero attached hydrogens (tertiary/aromatic N) is 1. The highest BCUT2D eigenvalue weighted by Gasteiger charge is 2.15. The molecule has 0 aromatic heterocycles. The molecule has 21 heavy (non-hydrogen) atoms. The largest absolute Gasteiger partial charge is 0.489 e. The molecule has 0 aliphatic carbocycles. The Morgan fingerprint density at radius 2 is 2.05 bits per heavy atom. The number of hydrogen-bond acceptors (Lipinski definition) is 3. The molecule has 1 aromatic rings. The van der Waals surface area contributed by atoms with Crippen LogP contribution in [0.25, 0.3) is 0 Å². The summed E-state index contributed by atoms with van der Waals surface area (Å²) in [6.45, 7) is 7.77. The molecule has 0 amide bonds. The van der Waals surface area contributed by atoms with Crippen LogP contribution in [0.3, 0.4) is 0 Å². The van der Waals surface area contributed by atoms with Crippen molar-refractivity contribution in [2.24, 2.45) is 10.7 Å². The van der Waals surface area contributed by atoms with Crippen molar-refractivity contribution in [3.05, 3.63) is 22.7 Å². The summed E-state index contributed by atoms with van der Waals surface area (Å²) in [5, 5.41) is 3.66. The molecule has 0 atom stereocenters. The van der Waals surface area contributed by atoms with Gasteiger partial charge in [0.1, 0.15) is 0 Å². The predicted octanol–water partition coefficient (Wildman–Crippen LogP) is 2.70. The molecule has 0 spiro atoms. The summed E-state index contributed by atoms with van der Waals surface area (Å²) < 4.78 is 11.2. The lowest BCUT2D eigenvalue weighted by Gasteiger charge is -2.21. The third kappa shape index (κ3) is 4.70. The molecule has 0 fully saturated rings. The van der Waals surface area contributed by atoms with E-state index in [0.717, 1.165) is 12.0 Å². The first-order valence-electron chi connectivity index (χ1n) is 7.01. The quantitative estimate of drug-likeness (QED) is 0.651. The topological polar surface area (TPSA) is 68.9 Å². The number of guanidine groups is 1. The van der Waals surface area contributed by atoms with Gasteiger partial charge < -0.3 is 20.5 Å². The lowest BCUT2D eigenvalue weighted by Crippen LogP contribution is -2.44. The molecular weight excluding hydrogens is 290 g/mol. The van der Waals surface area contributed by atoms with E-state index in [4.69, 9.17) is 26.8 Å². The number of aliphatic imine (C=N–C) groups is 1. The maximum absolute atomic E-state index is 6.24. The second-order valence-electron chi connectivity index (χ2n) is 6.03. The Kier molecular flexibility index (Phi) is 4.83. The van der Waals surface area contributed by atoms with Crippen molar-refractivity contribution in [3.8, 4) is 11.5 Å². The van der Waals surface area contributed by atoms with Crippen molar-refractivity contribution in [2.45, 2.75) is 39.3 Å². The van der Waals surface area contributed by atoms with Crippen molar-refractivity contribution < 1.29 is 9.47 Å². The second kappa shape index (κ2) is 6.43. The molecule has 0 bridgehead atoms. The maximum Gasteiger partial charge on any atom is 0.189 e. The van der Waals surface area contributed by atoms with Crippen LogP contribution in [-0.2, 0) is 6.54 Å². The van der Waals surface area contributed by atoms with E-state index >= 15 is 0 Å². The SMILES string of the molecule is CC(C)(C)NC(N)=NCc1cc(Cl)c2c(c1)OCCCO2. The summed E-state index contributed by atoms with van der Waals surface area (Å²) in [5.74, 6) is 1.70. The third-order valence-electron chi connectivity index (χ3n) is 2.80. The van der Waals surface area contributed by atoms with Crippen LogP contribution in [-0.4, -0.2) is 24.7 Å². The zero-order valence-electron chi connectivity index (χ0n) is 12.7. The first-order valence-corrected chi connectivity index (χ1v) is 7.39. The highest BCUT2D eigenvalue weighted by molar-refractivity contribution is 6.32. The first kappa shape index (κ1) is 15.8. The van der Waals surface area contributed by atoms with E-state index in [1.54, 1.807) is 0 Å². The molecule has 5 nitrogen and oxygen atoms in total. The van der Waals surface area contributed by atoms with Gasteiger partial charge in [-0.2, -0.15) is 0 Å². The number of rotatable bonds is 2. The second-order valence-corrected chi connectivity index (χ2v) is 6.44. The van der Waals surface area contributed by atoms with Crippen LogP contribution in [0.2, 0.25) is 5.02 Å². The molecule has 0 unspecified atom stereocenters. The minimum atomic E-state index is -0.115. The van der Waals surface area contributed by atoms with Gasteiger partial charge >= 0.3 is 0 Å². The van der Waals surface area contributed by atoms with Crippen LogP contribution in [0, 0.1) is 0 Å². The van der Waals surface area contributed by atoms with Crippen LogP contribution >= 0.6 is 11.6 Å². The van der Waals surface area contributed by atoms with Crippen molar-refractivity contribution in [1.29, 1.82) is 0 Å². The number of nitrogens with two attached hydrogens (primary N) is 1. The van der Waals surface area contributed by atoms with Crippen molar-refractivity contribution in [3.63, 3.8) is 0 Å². The van der Waals surface area contributed by atoms with Gasteiger partial charge in [0.05, 0.1) is 24.8 Å². The van der Waals surface area contributed by atoms with Gasteiger partial charge in [0.25, 0.3) is 0 Å². The van der Waals surface area contributed by atoms with E-state index in [2.05, 4.69) is 10.3 Å². The normalized spacial score (nSPS) is 15.5. The Balaban J connectivity index is 2.13. The van der Waals surface area contributed by atoms with Gasteiger partial charge in [-0.15, -0.1) is 0 Å². The van der Waals surface area contributed by atoms with Gasteiger partial charge in [0.2, 0.25) is 0 Å². The minimum Gasteiger partial charge on any atom is -0.489 e. The van der Waals surface area contributed by atoms with Crippen LogP contribution in [0.4, 0.5) is 0 Å². The number of fused-ring (bicyclic) bond motifs is 1. The molecule has 0 saturated heterocycles. The Bertz CT molecular complexity index is 538. The summed E-state index contributed by atoms with van der Waals surface area (Å²) in [5.41, 5.74) is 6.68. The Labute approximate surface area is 130 Å². The Morgan fingerprint density at radius 3 is 2.76 bits per heavy atom. The summed E-state index contributed by atoms with van der Waals surface area (Å²) in [6.07, 6.45) is 0.848. The number of halogens is 1. The summed E-state index contributed by atoms with van der Waals surface area (Å²) in [4.78, 5) is 4.32. The fourth-order valence-electron chi connectivity index (χ4n) is 1.98. The average Bonchev–Trinajstić information content (AvgIpc) is 2.60. The van der Waals surface area contributed by atoms with E-state index in [1.165, 1.54) is 0 Å². The smallest absolute Gasteiger partial charge is 0.189 e. The summed E-state index contributed by atoms with van der Waals surface area (Å²) in [7, 11) is 0. The number of nitrogens with one attached hydrogen (secondary N) is 1. The molecule has 0 saturated carbocycles. The van der Waals surface area contributed by atoms with Crippen LogP contribution in [0.1, 0.15) is 32.8 Å². The van der Waals surface area contributed by atoms with E-state index in [-0.39, 0.29) is 5.54 Å². The van der Waals surface area contributed by atoms with E-state index in [0.29, 0.717) is 42.2 Å². The van der Waals surface area contributed by atoms with Crippen molar-refractivity contribution in [2.75, 3.05) is 13.2 Å². The number of ether oxygens (including phenoxy) is 2. The molecule has 1 aromatic carbocycles. The zero-order valence-corrected chi connectivity index (χ0v) is 13.5. The predicted molar refractivity (Wildman–Crippen MR) is 85.3 cm³/mol. The zero-order chi connectivity index (χ0) is 15.5. The van der Waals surface area contributed by atoms with Crippen molar-refractivity contribution >= 4 is 17.6 Å². The molecule has 6 heteroatoms. The molecule has 1 aliphatic heterocycles. The minimum absolute atomic E-state index is 0.115. The molecule has 116 valence electrons. The average molecular weight is 312 g/mol. The monoisotopic (exact) mass is 311 g/mol. The molecule has 3 N–H and O–H groups in total. The van der Waals surface area contributed by atoms with Gasteiger partial charge in [0, 0.05) is 12.0 Å². The Morgan fingerprint density at radius 1 is 1.33 bits per heavy atom. The van der Waals surface area contributed by atoms with Gasteiger partial charge in [-0.05, 0) is 38.5 Å². The first-order chi connectivity index (χ1) is 9.85. The lowest BCUT2D eigenvalue weighted by atomic mass is 10.1. The summed E-state index contributed by atoms with van der Waals surface area (Å²) in [6, 6.07) is 3.74. The maximum atomic E-state index is 6.24. The van der Waals surface area contributed by atoms with Crippen LogP contribution in [0.15, 0.2) is 17.1 Å². The van der Waals surface area contributed by atoms with E-state index in [1.807, 2.05) is 32.9 Å². The Hall–Kier alpha value is -1.62. The van der Waals surface area contributed by atoms with Gasteiger partial charge in [0.15, 0.2) is 17.5 Å².